The zero-order valence-corrected chi connectivity index (χ0v) is 20.4. The number of para-hydroxylation sites is 1. The molecule has 35 heavy (non-hydrogen) atoms. The molecule has 1 atom stereocenters. The minimum absolute atomic E-state index is 0.0774. The number of hydrogen-bond acceptors (Lipinski definition) is 4. The van der Waals surface area contributed by atoms with Gasteiger partial charge in [-0.2, -0.15) is 5.10 Å². The third-order valence-electron chi connectivity index (χ3n) is 7.24. The largest absolute Gasteiger partial charge is 0.473 e. The Morgan fingerprint density at radius 1 is 1.06 bits per heavy atom. The first-order valence-electron chi connectivity index (χ1n) is 11.8. The summed E-state index contributed by atoms with van der Waals surface area (Å²) in [6, 6.07) is 17.6. The highest BCUT2D eigenvalue weighted by Gasteiger charge is 2.63. The van der Waals surface area contributed by atoms with Gasteiger partial charge < -0.3 is 10.1 Å². The Kier molecular flexibility index (Phi) is 5.18. The van der Waals surface area contributed by atoms with Crippen molar-refractivity contribution in [1.82, 2.24) is 24.9 Å². The van der Waals surface area contributed by atoms with E-state index in [1.807, 2.05) is 79.3 Å². The Balaban J connectivity index is 1.05. The number of amides is 1. The van der Waals surface area contributed by atoms with Crippen molar-refractivity contribution in [1.29, 1.82) is 0 Å². The molecular weight excluding hydrogens is 462 g/mol. The molecule has 0 aliphatic heterocycles. The van der Waals surface area contributed by atoms with Crippen molar-refractivity contribution in [2.45, 2.75) is 45.3 Å². The summed E-state index contributed by atoms with van der Waals surface area (Å²) >= 11 is 5.99. The number of rotatable bonds is 6. The van der Waals surface area contributed by atoms with Gasteiger partial charge in [0.2, 0.25) is 5.88 Å². The predicted molar refractivity (Wildman–Crippen MR) is 134 cm³/mol. The van der Waals surface area contributed by atoms with Gasteiger partial charge in [-0.1, -0.05) is 29.8 Å². The minimum Gasteiger partial charge on any atom is -0.473 e. The van der Waals surface area contributed by atoms with Crippen LogP contribution in [-0.2, 0) is 0 Å². The molecule has 0 bridgehead atoms. The molecule has 8 heteroatoms. The Hall–Kier alpha value is -3.58. The lowest BCUT2D eigenvalue weighted by Gasteiger charge is -2.36. The van der Waals surface area contributed by atoms with Gasteiger partial charge in [0.25, 0.3) is 5.91 Å². The van der Waals surface area contributed by atoms with Gasteiger partial charge in [0.05, 0.1) is 28.8 Å². The zero-order valence-electron chi connectivity index (χ0n) is 19.6. The molecule has 0 unspecified atom stereocenters. The molecule has 2 aromatic carbocycles. The van der Waals surface area contributed by atoms with Crippen LogP contribution in [0, 0.1) is 19.3 Å². The molecule has 2 saturated carbocycles. The number of ether oxygens (including phenoxy) is 1. The number of carbonyl (C=O) groups excluding carboxylic acids is 1. The predicted octanol–water partition coefficient (Wildman–Crippen LogP) is 5.06. The Labute approximate surface area is 208 Å². The molecule has 6 rings (SSSR count). The van der Waals surface area contributed by atoms with Gasteiger partial charge in [-0.05, 0) is 74.9 Å². The van der Waals surface area contributed by atoms with E-state index >= 15 is 0 Å². The van der Waals surface area contributed by atoms with Gasteiger partial charge in [-0.25, -0.2) is 9.36 Å². The third-order valence-corrected chi connectivity index (χ3v) is 7.49. The number of halogens is 1. The summed E-state index contributed by atoms with van der Waals surface area (Å²) in [5.41, 5.74) is 4.45. The second kappa shape index (κ2) is 8.27. The van der Waals surface area contributed by atoms with Crippen LogP contribution in [-0.4, -0.2) is 37.6 Å². The number of nitrogens with one attached hydrogen (secondary N) is 1. The zero-order chi connectivity index (χ0) is 24.2. The number of aromatic nitrogens is 4. The van der Waals surface area contributed by atoms with E-state index < -0.39 is 0 Å². The highest BCUT2D eigenvalue weighted by Crippen LogP contribution is 2.61. The fourth-order valence-corrected chi connectivity index (χ4v) is 5.20. The van der Waals surface area contributed by atoms with Crippen LogP contribution in [0.25, 0.3) is 11.4 Å². The maximum absolute atomic E-state index is 13.0. The monoisotopic (exact) mass is 487 g/mol. The van der Waals surface area contributed by atoms with E-state index in [-0.39, 0.29) is 23.5 Å². The van der Waals surface area contributed by atoms with Crippen molar-refractivity contribution in [3.63, 3.8) is 0 Å². The fourth-order valence-electron chi connectivity index (χ4n) is 5.08. The topological polar surface area (TPSA) is 74.0 Å². The number of aryl methyl sites for hydroxylation is 1. The van der Waals surface area contributed by atoms with E-state index in [1.165, 1.54) is 0 Å². The summed E-state index contributed by atoms with van der Waals surface area (Å²) in [6.45, 7) is 3.92. The van der Waals surface area contributed by atoms with Crippen LogP contribution >= 0.6 is 11.6 Å². The van der Waals surface area contributed by atoms with E-state index in [1.54, 1.807) is 10.9 Å². The second-order valence-electron chi connectivity index (χ2n) is 9.67. The van der Waals surface area contributed by atoms with Crippen LogP contribution in [0.4, 0.5) is 0 Å². The number of benzene rings is 2. The molecule has 2 aromatic heterocycles. The Bertz CT molecular complexity index is 1390. The average Bonchev–Trinajstić information content (AvgIpc) is 3.20. The molecule has 1 amide bonds. The van der Waals surface area contributed by atoms with E-state index in [0.717, 1.165) is 41.9 Å². The van der Waals surface area contributed by atoms with Crippen molar-refractivity contribution in [2.75, 3.05) is 0 Å². The summed E-state index contributed by atoms with van der Waals surface area (Å²) in [6.07, 6.45) is 6.60. The highest BCUT2D eigenvalue weighted by molar-refractivity contribution is 6.30. The van der Waals surface area contributed by atoms with Crippen molar-refractivity contribution < 1.29 is 9.53 Å². The van der Waals surface area contributed by atoms with E-state index in [0.29, 0.717) is 16.5 Å². The molecule has 2 fully saturated rings. The van der Waals surface area contributed by atoms with Gasteiger partial charge >= 0.3 is 0 Å². The SMILES string of the molecule is Cc1cn(-c2ccccc2)nc1OC1CC2(C1)C[C@H]2NC(=O)c1cnn(-c2ccc(Cl)cc2)c1C. The molecular formula is C27H26ClN5O2. The van der Waals surface area contributed by atoms with Gasteiger partial charge in [-0.15, -0.1) is 5.10 Å². The normalized spacial score (nSPS) is 22.6. The molecule has 4 aromatic rings. The summed E-state index contributed by atoms with van der Waals surface area (Å²) < 4.78 is 9.82. The smallest absolute Gasteiger partial charge is 0.254 e. The minimum atomic E-state index is -0.0774. The molecule has 178 valence electrons. The molecule has 0 radical (unpaired) electrons. The molecule has 1 spiro atoms. The lowest BCUT2D eigenvalue weighted by Crippen LogP contribution is -2.41. The average molecular weight is 488 g/mol. The van der Waals surface area contributed by atoms with Crippen molar-refractivity contribution in [2.24, 2.45) is 5.41 Å². The van der Waals surface area contributed by atoms with E-state index in [4.69, 9.17) is 16.3 Å². The van der Waals surface area contributed by atoms with Gasteiger partial charge in [0.1, 0.15) is 6.10 Å². The van der Waals surface area contributed by atoms with E-state index in [9.17, 15) is 4.79 Å². The third kappa shape index (κ3) is 4.00. The molecule has 7 nitrogen and oxygen atoms in total. The first kappa shape index (κ1) is 21.9. The standard InChI is InChI=1S/C27H26ClN5O2/c1-17-16-32(20-6-4-3-5-7-20)31-26(17)35-22-12-27(13-22)14-24(27)30-25(34)23-15-29-33(18(23)2)21-10-8-19(28)9-11-21/h3-11,15-16,22,24H,12-14H2,1-2H3,(H,30,34)/t22?,24-,27?/m1/s1. The highest BCUT2D eigenvalue weighted by atomic mass is 35.5. The van der Waals surface area contributed by atoms with Crippen LogP contribution in [0.3, 0.4) is 0 Å². The Morgan fingerprint density at radius 2 is 1.80 bits per heavy atom. The lowest BCUT2D eigenvalue weighted by molar-refractivity contribution is 0.0395. The van der Waals surface area contributed by atoms with Gasteiger partial charge in [0.15, 0.2) is 0 Å². The van der Waals surface area contributed by atoms with Crippen LogP contribution < -0.4 is 10.1 Å². The van der Waals surface area contributed by atoms with Crippen LogP contribution in [0.2, 0.25) is 5.02 Å². The van der Waals surface area contributed by atoms with Crippen LogP contribution in [0.5, 0.6) is 5.88 Å². The van der Waals surface area contributed by atoms with Crippen LogP contribution in [0.15, 0.2) is 67.0 Å². The molecule has 0 saturated heterocycles. The fraction of sp³-hybridized carbons (Fsp3) is 0.296. The number of hydrogen-bond donors (Lipinski definition) is 1. The number of nitrogens with zero attached hydrogens (tertiary/aromatic N) is 4. The van der Waals surface area contributed by atoms with Crippen molar-refractivity contribution >= 4 is 17.5 Å². The number of carbonyl (C=O) groups is 1. The maximum Gasteiger partial charge on any atom is 0.254 e. The van der Waals surface area contributed by atoms with Gasteiger partial charge in [-0.3, -0.25) is 4.79 Å². The first-order chi connectivity index (χ1) is 16.9. The summed E-state index contributed by atoms with van der Waals surface area (Å²) in [7, 11) is 0. The van der Waals surface area contributed by atoms with Gasteiger partial charge in [0, 0.05) is 22.8 Å². The van der Waals surface area contributed by atoms with Crippen LogP contribution in [0.1, 0.15) is 40.9 Å². The van der Waals surface area contributed by atoms with Crippen molar-refractivity contribution in [3.05, 3.63) is 88.8 Å². The van der Waals surface area contributed by atoms with Crippen molar-refractivity contribution in [3.8, 4) is 17.3 Å². The lowest BCUT2D eigenvalue weighted by atomic mass is 9.78. The van der Waals surface area contributed by atoms with E-state index in [2.05, 4.69) is 15.5 Å². The second-order valence-corrected chi connectivity index (χ2v) is 10.1. The quantitative estimate of drug-likeness (QED) is 0.412. The summed E-state index contributed by atoms with van der Waals surface area (Å²) in [5, 5.41) is 12.9. The molecule has 2 heterocycles. The maximum atomic E-state index is 13.0. The first-order valence-corrected chi connectivity index (χ1v) is 12.2. The molecule has 2 aliphatic rings. The Morgan fingerprint density at radius 3 is 2.54 bits per heavy atom. The summed E-state index contributed by atoms with van der Waals surface area (Å²) in [4.78, 5) is 13.0. The summed E-state index contributed by atoms with van der Waals surface area (Å²) in [5.74, 6) is 0.603. The molecule has 2 aliphatic carbocycles. The molecule has 1 N–H and O–H groups in total.